The van der Waals surface area contributed by atoms with E-state index in [1.165, 1.54) is 0 Å². The minimum absolute atomic E-state index is 0.0289. The molecule has 0 spiro atoms. The van der Waals surface area contributed by atoms with Crippen LogP contribution in [0.2, 0.25) is 0 Å². The largest absolute Gasteiger partial charge is 0.478 e. The molecule has 0 radical (unpaired) electrons. The van der Waals surface area contributed by atoms with E-state index in [1.54, 1.807) is 0 Å². The van der Waals surface area contributed by atoms with Crippen LogP contribution in [0.15, 0.2) is 36.5 Å². The lowest BCUT2D eigenvalue weighted by atomic mass is 10.1. The molecule has 1 N–H and O–H groups in total. The number of aromatic nitrogens is 2. The summed E-state index contributed by atoms with van der Waals surface area (Å²) in [5.41, 5.74) is 1.08. The number of hydrogen-bond acceptors (Lipinski definition) is 6. The molecule has 154 valence electrons. The lowest BCUT2D eigenvalue weighted by Gasteiger charge is -2.22. The Morgan fingerprint density at radius 3 is 2.90 bits per heavy atom. The molecule has 0 bridgehead atoms. The van der Waals surface area contributed by atoms with Gasteiger partial charge in [0.2, 0.25) is 11.8 Å². The van der Waals surface area contributed by atoms with Crippen LogP contribution in [-0.4, -0.2) is 60.1 Å². The fourth-order valence-electron chi connectivity index (χ4n) is 3.88. The van der Waals surface area contributed by atoms with Gasteiger partial charge in [0.25, 0.3) is 0 Å². The second-order valence-electron chi connectivity index (χ2n) is 7.63. The van der Waals surface area contributed by atoms with E-state index in [9.17, 15) is 4.79 Å². The number of carbonyl (C=O) groups excluding carboxylic acids is 1. The number of ether oxygens (including phenoxy) is 1. The van der Waals surface area contributed by atoms with Crippen LogP contribution in [0, 0.1) is 0 Å². The SMILES string of the molecule is O=C1CCc2ccc(OCCCCN3CCCN(c4ccccn4)CC3)nc2N1. The number of nitrogens with zero attached hydrogens (tertiary/aromatic N) is 4. The molecule has 0 saturated carbocycles. The first kappa shape index (κ1) is 19.6. The second kappa shape index (κ2) is 9.69. The smallest absolute Gasteiger partial charge is 0.225 e. The summed E-state index contributed by atoms with van der Waals surface area (Å²) in [6, 6.07) is 10.0. The minimum Gasteiger partial charge on any atom is -0.478 e. The van der Waals surface area contributed by atoms with Gasteiger partial charge in [0, 0.05) is 38.3 Å². The molecule has 7 nitrogen and oxygen atoms in total. The molecule has 0 aromatic carbocycles. The van der Waals surface area contributed by atoms with Crippen molar-refractivity contribution in [2.75, 3.05) is 49.5 Å². The van der Waals surface area contributed by atoms with Gasteiger partial charge in [-0.2, -0.15) is 4.98 Å². The van der Waals surface area contributed by atoms with Gasteiger partial charge in [-0.15, -0.1) is 0 Å². The van der Waals surface area contributed by atoms with Crippen LogP contribution >= 0.6 is 0 Å². The van der Waals surface area contributed by atoms with Crippen molar-refractivity contribution in [3.8, 4) is 5.88 Å². The van der Waals surface area contributed by atoms with Crippen molar-refractivity contribution >= 4 is 17.5 Å². The Morgan fingerprint density at radius 1 is 1.03 bits per heavy atom. The Kier molecular flexibility index (Phi) is 6.56. The van der Waals surface area contributed by atoms with E-state index in [0.29, 0.717) is 24.7 Å². The van der Waals surface area contributed by atoms with Crippen LogP contribution in [0.3, 0.4) is 0 Å². The molecule has 0 aliphatic carbocycles. The first-order valence-electron chi connectivity index (χ1n) is 10.6. The van der Waals surface area contributed by atoms with Gasteiger partial charge in [0.15, 0.2) is 0 Å². The maximum absolute atomic E-state index is 11.5. The zero-order valence-electron chi connectivity index (χ0n) is 16.8. The van der Waals surface area contributed by atoms with Crippen LogP contribution in [0.5, 0.6) is 5.88 Å². The number of fused-ring (bicyclic) bond motifs is 1. The highest BCUT2D eigenvalue weighted by atomic mass is 16.5. The molecule has 0 unspecified atom stereocenters. The maximum atomic E-state index is 11.5. The number of aryl methyl sites for hydroxylation is 1. The Hall–Kier alpha value is -2.67. The molecule has 4 heterocycles. The van der Waals surface area contributed by atoms with E-state index in [-0.39, 0.29) is 5.91 Å². The third kappa shape index (κ3) is 5.44. The third-order valence-electron chi connectivity index (χ3n) is 5.51. The lowest BCUT2D eigenvalue weighted by molar-refractivity contribution is -0.116. The zero-order chi connectivity index (χ0) is 19.9. The van der Waals surface area contributed by atoms with Gasteiger partial charge in [-0.3, -0.25) is 4.79 Å². The van der Waals surface area contributed by atoms with Crippen LogP contribution in [-0.2, 0) is 11.2 Å². The summed E-state index contributed by atoms with van der Waals surface area (Å²) in [5.74, 6) is 2.35. The fourth-order valence-corrected chi connectivity index (χ4v) is 3.88. The van der Waals surface area contributed by atoms with E-state index in [4.69, 9.17) is 4.74 Å². The Morgan fingerprint density at radius 2 is 2.00 bits per heavy atom. The molecule has 2 aromatic heterocycles. The van der Waals surface area contributed by atoms with Crippen molar-refractivity contribution in [2.45, 2.75) is 32.1 Å². The first-order valence-corrected chi connectivity index (χ1v) is 10.6. The molecule has 1 amide bonds. The van der Waals surface area contributed by atoms with Crippen molar-refractivity contribution in [3.05, 3.63) is 42.1 Å². The molecule has 2 aliphatic rings. The van der Waals surface area contributed by atoms with Crippen LogP contribution in [0.4, 0.5) is 11.6 Å². The van der Waals surface area contributed by atoms with E-state index >= 15 is 0 Å². The van der Waals surface area contributed by atoms with Gasteiger partial charge in [-0.25, -0.2) is 4.98 Å². The normalized spacial score (nSPS) is 17.4. The summed E-state index contributed by atoms with van der Waals surface area (Å²) in [6.45, 7) is 6.04. The molecule has 1 saturated heterocycles. The van der Waals surface area contributed by atoms with Crippen molar-refractivity contribution in [1.29, 1.82) is 0 Å². The zero-order valence-corrected chi connectivity index (χ0v) is 16.8. The summed E-state index contributed by atoms with van der Waals surface area (Å²) in [4.78, 5) is 25.3. The number of unbranched alkanes of at least 4 members (excludes halogenated alkanes) is 1. The monoisotopic (exact) mass is 395 g/mol. The van der Waals surface area contributed by atoms with Gasteiger partial charge in [0.1, 0.15) is 11.6 Å². The van der Waals surface area contributed by atoms with Gasteiger partial charge >= 0.3 is 0 Å². The quantitative estimate of drug-likeness (QED) is 0.727. The van der Waals surface area contributed by atoms with Gasteiger partial charge in [-0.1, -0.05) is 6.07 Å². The minimum atomic E-state index is 0.0289. The highest BCUT2D eigenvalue weighted by Crippen LogP contribution is 2.23. The fraction of sp³-hybridized carbons (Fsp3) is 0.500. The third-order valence-corrected chi connectivity index (χ3v) is 5.51. The summed E-state index contributed by atoms with van der Waals surface area (Å²) in [6.07, 6.45) is 6.41. The van der Waals surface area contributed by atoms with Crippen LogP contribution in [0.1, 0.15) is 31.2 Å². The summed E-state index contributed by atoms with van der Waals surface area (Å²) in [5, 5.41) is 2.82. The summed E-state index contributed by atoms with van der Waals surface area (Å²) in [7, 11) is 0. The number of carbonyl (C=O) groups is 1. The lowest BCUT2D eigenvalue weighted by Crippen LogP contribution is -2.31. The Balaban J connectivity index is 1.16. The summed E-state index contributed by atoms with van der Waals surface area (Å²) >= 11 is 0. The number of pyridine rings is 2. The summed E-state index contributed by atoms with van der Waals surface area (Å²) < 4.78 is 5.80. The average molecular weight is 396 g/mol. The van der Waals surface area contributed by atoms with Crippen molar-refractivity contribution < 1.29 is 9.53 Å². The highest BCUT2D eigenvalue weighted by Gasteiger charge is 2.17. The topological polar surface area (TPSA) is 70.6 Å². The van der Waals surface area contributed by atoms with Crippen LogP contribution < -0.4 is 15.0 Å². The van der Waals surface area contributed by atoms with E-state index < -0.39 is 0 Å². The molecular formula is C22H29N5O2. The second-order valence-corrected chi connectivity index (χ2v) is 7.63. The molecule has 0 atom stereocenters. The molecule has 2 aromatic rings. The molecule has 29 heavy (non-hydrogen) atoms. The maximum Gasteiger partial charge on any atom is 0.225 e. The number of nitrogens with one attached hydrogen (secondary N) is 1. The number of hydrogen-bond donors (Lipinski definition) is 1. The Labute approximate surface area is 172 Å². The van der Waals surface area contributed by atoms with E-state index in [0.717, 1.165) is 69.8 Å². The van der Waals surface area contributed by atoms with Gasteiger partial charge in [0.05, 0.1) is 6.61 Å². The predicted octanol–water partition coefficient (Wildman–Crippen LogP) is 2.73. The number of amides is 1. The standard InChI is InChI=1S/C22H29N5O2/c28-20-9-7-18-8-10-21(25-22(18)24-20)29-17-4-3-12-26-13-5-14-27(16-15-26)19-6-1-2-11-23-19/h1-2,6,8,10-11H,3-5,7,9,12-17H2,(H,24,25,28). The van der Waals surface area contributed by atoms with E-state index in [2.05, 4.69) is 37.2 Å². The van der Waals surface area contributed by atoms with Crippen molar-refractivity contribution in [3.63, 3.8) is 0 Å². The number of rotatable bonds is 7. The predicted molar refractivity (Wildman–Crippen MR) is 113 cm³/mol. The van der Waals surface area contributed by atoms with Crippen molar-refractivity contribution in [2.24, 2.45) is 0 Å². The number of anilines is 2. The molecule has 7 heteroatoms. The molecule has 1 fully saturated rings. The first-order chi connectivity index (χ1) is 14.3. The molecule has 4 rings (SSSR count). The van der Waals surface area contributed by atoms with Gasteiger partial charge in [-0.05, 0) is 62.5 Å². The molecular weight excluding hydrogens is 366 g/mol. The van der Waals surface area contributed by atoms with E-state index in [1.807, 2.05) is 24.4 Å². The Bertz CT molecular complexity index is 814. The van der Waals surface area contributed by atoms with Crippen LogP contribution in [0.25, 0.3) is 0 Å². The van der Waals surface area contributed by atoms with Gasteiger partial charge < -0.3 is 19.9 Å². The van der Waals surface area contributed by atoms with Crippen molar-refractivity contribution in [1.82, 2.24) is 14.9 Å². The molecule has 2 aliphatic heterocycles. The highest BCUT2D eigenvalue weighted by molar-refractivity contribution is 5.92. The average Bonchev–Trinajstić information content (AvgIpc) is 2.99.